The molecule has 0 saturated carbocycles. The fourth-order valence-electron chi connectivity index (χ4n) is 4.75. The van der Waals surface area contributed by atoms with Crippen LogP contribution < -0.4 is 21.2 Å². The summed E-state index contributed by atoms with van der Waals surface area (Å²) in [6, 6.07) is 42.2. The molecule has 0 amide bonds. The predicted molar refractivity (Wildman–Crippen MR) is 151 cm³/mol. The number of hydrogen-bond acceptors (Lipinski definition) is 3. The van der Waals surface area contributed by atoms with Gasteiger partial charge in [0.15, 0.2) is 7.14 Å². The molecule has 4 aromatic carbocycles. The van der Waals surface area contributed by atoms with Gasteiger partial charge in [0.25, 0.3) is 0 Å². The minimum absolute atomic E-state index is 0.216. The lowest BCUT2D eigenvalue weighted by atomic mass is 10.2. The van der Waals surface area contributed by atoms with E-state index in [-0.39, 0.29) is 6.16 Å². The van der Waals surface area contributed by atoms with Gasteiger partial charge in [-0.2, -0.15) is 0 Å². The second kappa shape index (κ2) is 10.6. The Balaban J connectivity index is 1.77. The first-order chi connectivity index (χ1) is 17.6. The van der Waals surface area contributed by atoms with Crippen LogP contribution in [0.1, 0.15) is 11.2 Å². The summed E-state index contributed by atoms with van der Waals surface area (Å²) in [6.07, 6.45) is 3.70. The molecule has 0 bridgehead atoms. The van der Waals surface area contributed by atoms with Crippen LogP contribution >= 0.6 is 14.3 Å². The molecule has 0 aliphatic rings. The molecule has 0 N–H and O–H groups in total. The normalized spacial score (nSPS) is 12.7. The van der Waals surface area contributed by atoms with Gasteiger partial charge >= 0.3 is 0 Å². The lowest BCUT2D eigenvalue weighted by Crippen LogP contribution is -2.27. The van der Waals surface area contributed by atoms with E-state index in [1.165, 1.54) is 0 Å². The van der Waals surface area contributed by atoms with Gasteiger partial charge in [-0.25, -0.2) is 0 Å². The second-order valence-corrected chi connectivity index (χ2v) is 14.6. The van der Waals surface area contributed by atoms with E-state index in [4.69, 9.17) is 0 Å². The number of benzene rings is 4. The van der Waals surface area contributed by atoms with Crippen molar-refractivity contribution in [3.8, 4) is 0 Å². The Kier molecular flexibility index (Phi) is 7.14. The molecule has 3 nitrogen and oxygen atoms in total. The molecular formula is C31H27NO2P2. The zero-order valence-electron chi connectivity index (χ0n) is 19.8. The number of aromatic nitrogens is 1. The van der Waals surface area contributed by atoms with Gasteiger partial charge in [-0.15, -0.1) is 0 Å². The zero-order valence-corrected chi connectivity index (χ0v) is 21.6. The van der Waals surface area contributed by atoms with Crippen molar-refractivity contribution in [3.05, 3.63) is 151 Å². The van der Waals surface area contributed by atoms with Gasteiger partial charge in [-0.1, -0.05) is 127 Å². The molecule has 0 spiro atoms. The van der Waals surface area contributed by atoms with Crippen LogP contribution in [0.3, 0.4) is 0 Å². The first-order valence-electron chi connectivity index (χ1n) is 11.9. The first kappa shape index (κ1) is 24.2. The molecule has 1 atom stereocenters. The fourth-order valence-corrected chi connectivity index (χ4v) is 11.9. The number of hydrogen-bond donors (Lipinski definition) is 0. The maximum absolute atomic E-state index is 15.5. The van der Waals surface area contributed by atoms with Crippen molar-refractivity contribution in [1.82, 2.24) is 4.98 Å². The minimum atomic E-state index is -3.31. The lowest BCUT2D eigenvalue weighted by molar-refractivity contribution is 0.574. The van der Waals surface area contributed by atoms with Gasteiger partial charge in [0.2, 0.25) is 0 Å². The van der Waals surface area contributed by atoms with Crippen molar-refractivity contribution in [3.63, 3.8) is 0 Å². The van der Waals surface area contributed by atoms with Crippen molar-refractivity contribution in [1.29, 1.82) is 0 Å². The third-order valence-corrected chi connectivity index (χ3v) is 13.5. The van der Waals surface area contributed by atoms with Crippen molar-refractivity contribution in [2.45, 2.75) is 5.66 Å². The summed E-state index contributed by atoms with van der Waals surface area (Å²) in [5.74, 6) is 0. The predicted octanol–water partition coefficient (Wildman–Crippen LogP) is 6.15. The van der Waals surface area contributed by atoms with Crippen LogP contribution in [0.15, 0.2) is 146 Å². The summed E-state index contributed by atoms with van der Waals surface area (Å²) < 4.78 is 30.7. The summed E-state index contributed by atoms with van der Waals surface area (Å²) in [7, 11) is -6.49. The molecular weight excluding hydrogens is 480 g/mol. The van der Waals surface area contributed by atoms with Crippen molar-refractivity contribution in [2.75, 3.05) is 6.16 Å². The highest BCUT2D eigenvalue weighted by molar-refractivity contribution is 7.82. The lowest BCUT2D eigenvalue weighted by Gasteiger charge is -2.32. The van der Waals surface area contributed by atoms with E-state index < -0.39 is 19.9 Å². The summed E-state index contributed by atoms with van der Waals surface area (Å²) >= 11 is 0. The fraction of sp³-hybridized carbons (Fsp3) is 0.0645. The van der Waals surface area contributed by atoms with Gasteiger partial charge in [0, 0.05) is 39.8 Å². The van der Waals surface area contributed by atoms with Gasteiger partial charge in [0.05, 0.1) is 5.66 Å². The maximum atomic E-state index is 15.5. The van der Waals surface area contributed by atoms with Crippen molar-refractivity contribution < 1.29 is 9.13 Å². The molecule has 0 saturated heterocycles. The van der Waals surface area contributed by atoms with Gasteiger partial charge < -0.3 is 9.13 Å². The Morgan fingerprint density at radius 2 is 0.944 bits per heavy atom. The quantitative estimate of drug-likeness (QED) is 0.237. The standard InChI is InChI=1S/C31H27NO2P2/c33-35(27-15-5-1-6-16-27,28-17-7-2-8-18-28)25-31(26-14-13-23-32-24-26)36(34,29-19-9-3-10-20-29)30-21-11-4-12-22-30/h1-24,31H,25H2. The van der Waals surface area contributed by atoms with Crippen LogP contribution in [0.5, 0.6) is 0 Å². The highest BCUT2D eigenvalue weighted by atomic mass is 31.2. The van der Waals surface area contributed by atoms with E-state index in [9.17, 15) is 0 Å². The topological polar surface area (TPSA) is 47.0 Å². The molecule has 0 fully saturated rings. The smallest absolute Gasteiger partial charge is 0.150 e. The maximum Gasteiger partial charge on any atom is 0.150 e. The molecule has 5 heteroatoms. The average molecular weight is 508 g/mol. The molecule has 1 unspecified atom stereocenters. The molecule has 5 aromatic rings. The molecule has 0 aliphatic heterocycles. The zero-order chi connectivity index (χ0) is 24.8. The van der Waals surface area contributed by atoms with E-state index in [0.717, 1.165) is 26.8 Å². The van der Waals surface area contributed by atoms with Crippen LogP contribution in [0, 0.1) is 0 Å². The molecule has 5 rings (SSSR count). The molecule has 1 aromatic heterocycles. The highest BCUT2D eigenvalue weighted by Gasteiger charge is 2.43. The monoisotopic (exact) mass is 507 g/mol. The van der Waals surface area contributed by atoms with E-state index in [0.29, 0.717) is 0 Å². The van der Waals surface area contributed by atoms with Gasteiger partial charge in [-0.3, -0.25) is 4.98 Å². The summed E-state index contributed by atoms with van der Waals surface area (Å²) in [6.45, 7) is 0. The van der Waals surface area contributed by atoms with E-state index in [2.05, 4.69) is 4.98 Å². The van der Waals surface area contributed by atoms with Gasteiger partial charge in [-0.05, 0) is 11.6 Å². The minimum Gasteiger partial charge on any atom is -0.314 e. The van der Waals surface area contributed by atoms with Gasteiger partial charge in [0.1, 0.15) is 7.14 Å². The second-order valence-electron chi connectivity index (χ2n) is 8.72. The Labute approximate surface area is 212 Å². The van der Waals surface area contributed by atoms with E-state index in [1.807, 2.05) is 133 Å². The molecule has 1 heterocycles. The number of pyridine rings is 1. The molecule has 36 heavy (non-hydrogen) atoms. The number of nitrogens with zero attached hydrogens (tertiary/aromatic N) is 1. The third kappa shape index (κ3) is 4.65. The van der Waals surface area contributed by atoms with Crippen LogP contribution in [0.2, 0.25) is 0 Å². The van der Waals surface area contributed by atoms with Crippen molar-refractivity contribution in [2.24, 2.45) is 0 Å². The molecule has 0 aliphatic carbocycles. The Morgan fingerprint density at radius 1 is 0.528 bits per heavy atom. The van der Waals surface area contributed by atoms with Crippen LogP contribution in [0.4, 0.5) is 0 Å². The van der Waals surface area contributed by atoms with Crippen LogP contribution in [0.25, 0.3) is 0 Å². The number of rotatable bonds is 8. The third-order valence-electron chi connectivity index (χ3n) is 6.56. The first-order valence-corrected chi connectivity index (χ1v) is 15.6. The largest absolute Gasteiger partial charge is 0.314 e. The molecule has 178 valence electrons. The average Bonchev–Trinajstić information content (AvgIpc) is 2.97. The van der Waals surface area contributed by atoms with E-state index in [1.54, 1.807) is 12.4 Å². The SMILES string of the molecule is O=P(CC(c1cccnc1)P(=O)(c1ccccc1)c1ccccc1)(c1ccccc1)c1ccccc1. The highest BCUT2D eigenvalue weighted by Crippen LogP contribution is 2.62. The summed E-state index contributed by atoms with van der Waals surface area (Å²) in [5.41, 5.74) is 0.280. The summed E-state index contributed by atoms with van der Waals surface area (Å²) in [4.78, 5) is 4.37. The van der Waals surface area contributed by atoms with E-state index >= 15 is 9.13 Å². The molecule has 0 radical (unpaired) electrons. The Bertz CT molecular complexity index is 1410. The Morgan fingerprint density at radius 3 is 1.33 bits per heavy atom. The Hall–Kier alpha value is -3.51. The summed E-state index contributed by atoms with van der Waals surface area (Å²) in [5, 5.41) is 3.02. The van der Waals surface area contributed by atoms with Crippen molar-refractivity contribution >= 4 is 35.5 Å². The van der Waals surface area contributed by atoms with Crippen LogP contribution in [-0.4, -0.2) is 11.1 Å². The van der Waals surface area contributed by atoms with Crippen LogP contribution in [-0.2, 0) is 9.13 Å².